The summed E-state index contributed by atoms with van der Waals surface area (Å²) in [6.45, 7) is 1.14. The van der Waals surface area contributed by atoms with Gasteiger partial charge in [-0.1, -0.05) is 61.6 Å². The maximum atomic E-state index is 13.5. The summed E-state index contributed by atoms with van der Waals surface area (Å²) in [6, 6.07) is -11.2. The van der Waals surface area contributed by atoms with E-state index in [4.69, 9.17) is 10.4 Å². The van der Waals surface area contributed by atoms with Crippen molar-refractivity contribution in [3.8, 4) is 0 Å². The van der Waals surface area contributed by atoms with Gasteiger partial charge in [-0.2, -0.15) is 0 Å². The Morgan fingerprint density at radius 2 is 1.06 bits per heavy atom. The van der Waals surface area contributed by atoms with E-state index in [0.29, 0.717) is 12.8 Å². The molecule has 0 bridgehead atoms. The summed E-state index contributed by atoms with van der Waals surface area (Å²) in [7, 11) is 0. The predicted octanol–water partition coefficient (Wildman–Crippen LogP) is -3.91. The molecule has 15 N–H and O–H groups in total. The molecule has 0 aliphatic heterocycles. The largest absolute Gasteiger partial charge is 0.597 e. The Balaban J connectivity index is 5.85. The van der Waals surface area contributed by atoms with Gasteiger partial charge in [-0.3, -0.25) is 33.6 Å². The number of aliphatic hydroxyl groups excluding tert-OH is 4. The van der Waals surface area contributed by atoms with Gasteiger partial charge in [0.15, 0.2) is 29.7 Å². The van der Waals surface area contributed by atoms with E-state index in [1.54, 1.807) is 0 Å². The molecule has 68 heavy (non-hydrogen) atoms. The quantitative estimate of drug-likeness (QED) is 0.0123. The fourth-order valence-corrected chi connectivity index (χ4v) is 6.09. The molecule has 0 aromatic rings. The number of hydrogen-bond donors (Lipinski definition) is 15. The van der Waals surface area contributed by atoms with Crippen molar-refractivity contribution in [3.63, 3.8) is 0 Å². The summed E-state index contributed by atoms with van der Waals surface area (Å²) in [6.07, 6.45) is 0.218. The molecule has 30 nitrogen and oxygen atoms in total. The van der Waals surface area contributed by atoms with Crippen LogP contribution in [0.1, 0.15) is 104 Å². The summed E-state index contributed by atoms with van der Waals surface area (Å²) in [5.74, 6) is -12.0. The Bertz CT molecular complexity index is 1720. The second-order valence-corrected chi connectivity index (χ2v) is 15.6. The van der Waals surface area contributed by atoms with Gasteiger partial charge in [-0.25, -0.2) is 9.59 Å². The van der Waals surface area contributed by atoms with Crippen molar-refractivity contribution >= 4 is 53.3 Å². The number of amides is 7. The topological polar surface area (TPSA) is 477 Å². The van der Waals surface area contributed by atoms with Crippen molar-refractivity contribution < 1.29 is 93.9 Å². The van der Waals surface area contributed by atoms with Crippen LogP contribution >= 0.6 is 0 Å². The zero-order chi connectivity index (χ0) is 51.9. The van der Waals surface area contributed by atoms with E-state index < -0.39 is 141 Å². The SMILES string of the molecule is CCCCCCCCC[C@@H](O)CC(=O)NCC(=O)N[C@@H](C(=O)N[C@@H](CO)C(=O)N[C@@H](C(=O)N[C@H](CCC[N+]([O-])=NO)C(=O)N[C@@H](C)C(=O)N[C@H](CCC[N+]([O-])=NO)C(=O)O)[C@@H](C)O)[C@@H](O)C(=O)O. The number of carboxylic acid groups (broad SMARTS) is 2. The third-order valence-electron chi connectivity index (χ3n) is 9.94. The van der Waals surface area contributed by atoms with E-state index in [2.05, 4.69) is 38.7 Å². The van der Waals surface area contributed by atoms with Gasteiger partial charge in [0.1, 0.15) is 36.3 Å². The number of carboxylic acids is 2. The number of hydroxylamine groups is 2. The number of rotatable bonds is 36. The number of aliphatic hydroxyl groups is 4. The van der Waals surface area contributed by atoms with Gasteiger partial charge < -0.3 is 88.7 Å². The molecule has 30 heteroatoms. The first-order chi connectivity index (χ1) is 32.0. The van der Waals surface area contributed by atoms with Crippen LogP contribution < -0.4 is 37.2 Å². The number of nitrogens with zero attached hydrogens (tertiary/aromatic N) is 4. The number of aliphatic carboxylic acids is 2. The minimum absolute atomic E-state index is 0.134. The van der Waals surface area contributed by atoms with Crippen molar-refractivity contribution in [2.24, 2.45) is 10.6 Å². The van der Waals surface area contributed by atoms with Crippen LogP contribution in [0.2, 0.25) is 0 Å². The van der Waals surface area contributed by atoms with Gasteiger partial charge in [-0.15, -0.1) is 0 Å². The molecule has 7 amide bonds. The number of hydrogen-bond acceptors (Lipinski definition) is 17. The van der Waals surface area contributed by atoms with E-state index in [9.17, 15) is 84.2 Å². The fraction of sp³-hybridized carbons (Fsp3) is 0.763. The summed E-state index contributed by atoms with van der Waals surface area (Å²) >= 11 is 0. The second-order valence-electron chi connectivity index (χ2n) is 15.6. The van der Waals surface area contributed by atoms with E-state index in [1.807, 2.05) is 16.0 Å². The zero-order valence-corrected chi connectivity index (χ0v) is 38.1. The summed E-state index contributed by atoms with van der Waals surface area (Å²) in [4.78, 5) is 114. The van der Waals surface area contributed by atoms with Gasteiger partial charge in [-0.05, 0) is 33.1 Å². The molecule has 0 unspecified atom stereocenters. The standard InChI is InChI=1S/C38H67N11O19/c1-4-5-6-7-8-9-10-13-23(52)18-27(53)39-19-28(54)44-30(31(55)38(63)64)36(60)43-26(20-50)34(58)45-29(22(3)51)35(59)41-24(14-11-16-48(67)46-65)33(57)40-21(2)32(56)42-25(37(61)62)15-12-17-49(68)47-66/h21-26,29-31,50-52,55,65-66H,4-20H2,1-3H3,(H,39,53)(H,40,57)(H,41,59)(H,42,56)(H,43,60)(H,44,54)(H,45,58)(H,61,62)(H,63,64)/t21-,22+,23+,24+,25+,26-,29+,30+,31+/m0/s1. The van der Waals surface area contributed by atoms with Crippen molar-refractivity contribution in [2.75, 3.05) is 26.2 Å². The minimum atomic E-state index is -2.66. The number of unbranched alkanes of at least 4 members (excludes halogenated alkanes) is 6. The third kappa shape index (κ3) is 25.4. The van der Waals surface area contributed by atoms with Gasteiger partial charge >= 0.3 is 11.9 Å². The molecule has 388 valence electrons. The highest BCUT2D eigenvalue weighted by Crippen LogP contribution is 2.11. The molecular formula is C38H67N11O19. The molecule has 0 aromatic heterocycles. The lowest BCUT2D eigenvalue weighted by molar-refractivity contribution is -0.556. The van der Waals surface area contributed by atoms with Gasteiger partial charge in [0.2, 0.25) is 41.4 Å². The lowest BCUT2D eigenvalue weighted by Crippen LogP contribution is -2.63. The maximum Gasteiger partial charge on any atom is 0.335 e. The van der Waals surface area contributed by atoms with Crippen LogP contribution in [0.25, 0.3) is 0 Å². The Morgan fingerprint density at radius 3 is 1.57 bits per heavy atom. The van der Waals surface area contributed by atoms with Gasteiger partial charge in [0.25, 0.3) is 0 Å². The first kappa shape index (κ1) is 61.5. The molecule has 0 saturated carbocycles. The average Bonchev–Trinajstić information content (AvgIpc) is 3.28. The van der Waals surface area contributed by atoms with Crippen LogP contribution in [-0.2, 0) is 43.2 Å². The lowest BCUT2D eigenvalue weighted by Gasteiger charge is -2.28. The summed E-state index contributed by atoms with van der Waals surface area (Å²) in [5, 5.41) is 119. The highest BCUT2D eigenvalue weighted by molar-refractivity contribution is 5.98. The molecule has 0 saturated heterocycles. The summed E-state index contributed by atoms with van der Waals surface area (Å²) < 4.78 is 0. The third-order valence-corrected chi connectivity index (χ3v) is 9.94. The van der Waals surface area contributed by atoms with E-state index >= 15 is 0 Å². The highest BCUT2D eigenvalue weighted by Gasteiger charge is 2.37. The second kappa shape index (κ2) is 33.9. The normalized spacial score (nSPS) is 15.6. The Morgan fingerprint density at radius 1 is 0.559 bits per heavy atom. The molecule has 0 radical (unpaired) electrons. The Kier molecular flexibility index (Phi) is 30.6. The van der Waals surface area contributed by atoms with E-state index in [-0.39, 0.29) is 35.4 Å². The highest BCUT2D eigenvalue weighted by atomic mass is 16.6. The van der Waals surface area contributed by atoms with Crippen LogP contribution in [0.3, 0.4) is 0 Å². The number of carbonyl (C=O) groups is 9. The first-order valence-electron chi connectivity index (χ1n) is 21.8. The Labute approximate surface area is 390 Å². The minimum Gasteiger partial charge on any atom is -0.597 e. The molecular weight excluding hydrogens is 914 g/mol. The average molecular weight is 982 g/mol. The number of carbonyl (C=O) groups excluding carboxylic acids is 7. The summed E-state index contributed by atoms with van der Waals surface area (Å²) in [5.41, 5.74) is 0. The lowest BCUT2D eigenvalue weighted by atomic mass is 10.0. The van der Waals surface area contributed by atoms with Crippen LogP contribution in [-0.4, -0.2) is 185 Å². The smallest absolute Gasteiger partial charge is 0.335 e. The Hall–Kier alpha value is -6.53. The molecule has 0 spiro atoms. The van der Waals surface area contributed by atoms with Gasteiger partial charge in [0.05, 0.1) is 31.8 Å². The van der Waals surface area contributed by atoms with Crippen molar-refractivity contribution in [1.29, 1.82) is 0 Å². The van der Waals surface area contributed by atoms with Crippen molar-refractivity contribution in [1.82, 2.24) is 37.2 Å². The molecule has 0 aliphatic carbocycles. The fourth-order valence-electron chi connectivity index (χ4n) is 6.09. The predicted molar refractivity (Wildman–Crippen MR) is 227 cm³/mol. The number of nitrogens with one attached hydrogen (secondary N) is 7. The van der Waals surface area contributed by atoms with Crippen LogP contribution in [0, 0.1) is 10.4 Å². The maximum absolute atomic E-state index is 13.5. The molecule has 0 rings (SSSR count). The molecule has 0 aromatic carbocycles. The first-order valence-corrected chi connectivity index (χ1v) is 21.8. The molecule has 0 heterocycles. The van der Waals surface area contributed by atoms with Crippen LogP contribution in [0.5, 0.6) is 0 Å². The zero-order valence-electron chi connectivity index (χ0n) is 38.1. The van der Waals surface area contributed by atoms with Crippen molar-refractivity contribution in [3.05, 3.63) is 10.4 Å². The molecule has 9 atom stereocenters. The molecule has 0 aliphatic rings. The van der Waals surface area contributed by atoms with E-state index in [1.165, 1.54) is 0 Å². The van der Waals surface area contributed by atoms with Gasteiger partial charge in [0, 0.05) is 12.8 Å². The van der Waals surface area contributed by atoms with Crippen molar-refractivity contribution in [2.45, 2.75) is 159 Å². The van der Waals surface area contributed by atoms with Crippen LogP contribution in [0.15, 0.2) is 10.6 Å². The molecule has 0 fully saturated rings. The van der Waals surface area contributed by atoms with Crippen LogP contribution in [0.4, 0.5) is 0 Å². The van der Waals surface area contributed by atoms with E-state index in [0.717, 1.165) is 52.4 Å². The monoisotopic (exact) mass is 981 g/mol.